The van der Waals surface area contributed by atoms with Gasteiger partial charge in [-0.25, -0.2) is 0 Å². The van der Waals surface area contributed by atoms with Crippen LogP contribution in [0.2, 0.25) is 0 Å². The van der Waals surface area contributed by atoms with Gasteiger partial charge in [-0.15, -0.1) is 0 Å². The summed E-state index contributed by atoms with van der Waals surface area (Å²) in [6.07, 6.45) is 63.9. The smallest absolute Gasteiger partial charge is 0.306 e. The molecule has 0 N–H and O–H groups in total. The highest BCUT2D eigenvalue weighted by Crippen LogP contribution is 2.19. The highest BCUT2D eigenvalue weighted by molar-refractivity contribution is 5.71. The van der Waals surface area contributed by atoms with Crippen LogP contribution in [-0.2, 0) is 28.6 Å². The van der Waals surface area contributed by atoms with Crippen molar-refractivity contribution in [2.75, 3.05) is 13.2 Å². The van der Waals surface area contributed by atoms with Crippen LogP contribution >= 0.6 is 0 Å². The molecule has 0 rings (SSSR count). The second kappa shape index (κ2) is 57.7. The van der Waals surface area contributed by atoms with E-state index in [0.29, 0.717) is 19.3 Å². The molecule has 0 saturated heterocycles. The van der Waals surface area contributed by atoms with Gasteiger partial charge in [0.25, 0.3) is 0 Å². The van der Waals surface area contributed by atoms with Gasteiger partial charge in [0.15, 0.2) is 6.10 Å². The third-order valence-corrected chi connectivity index (χ3v) is 15.3. The Bertz CT molecular complexity index is 1090. The lowest BCUT2D eigenvalue weighted by atomic mass is 9.99. The van der Waals surface area contributed by atoms with Gasteiger partial charge in [0.1, 0.15) is 13.2 Å². The maximum Gasteiger partial charge on any atom is 0.306 e. The van der Waals surface area contributed by atoms with Crippen molar-refractivity contribution >= 4 is 17.9 Å². The van der Waals surface area contributed by atoms with Crippen molar-refractivity contribution in [3.8, 4) is 0 Å². The van der Waals surface area contributed by atoms with E-state index < -0.39 is 6.10 Å². The van der Waals surface area contributed by atoms with Crippen LogP contribution in [0.3, 0.4) is 0 Å². The second-order valence-corrected chi connectivity index (χ2v) is 23.1. The number of hydrogen-bond acceptors (Lipinski definition) is 6. The quantitative estimate of drug-likeness (QED) is 0.0343. The van der Waals surface area contributed by atoms with Crippen molar-refractivity contribution in [2.45, 2.75) is 375 Å². The van der Waals surface area contributed by atoms with Crippen LogP contribution in [-0.4, -0.2) is 37.2 Å². The van der Waals surface area contributed by atoms with E-state index in [-0.39, 0.29) is 31.1 Å². The van der Waals surface area contributed by atoms with Crippen molar-refractivity contribution in [1.29, 1.82) is 0 Å². The summed E-state index contributed by atoms with van der Waals surface area (Å²) in [5.74, 6) is 0.896. The molecule has 1 unspecified atom stereocenters. The van der Waals surface area contributed by atoms with Gasteiger partial charge in [-0.3, -0.25) is 14.4 Å². The van der Waals surface area contributed by atoms with Crippen LogP contribution < -0.4 is 0 Å². The molecule has 0 aliphatic carbocycles. The van der Waals surface area contributed by atoms with Gasteiger partial charge in [-0.05, 0) is 31.1 Å². The number of esters is 3. The Morgan fingerprint density at radius 3 is 0.803 bits per heavy atom. The zero-order valence-electron chi connectivity index (χ0n) is 48.9. The van der Waals surface area contributed by atoms with Gasteiger partial charge >= 0.3 is 17.9 Å². The van der Waals surface area contributed by atoms with E-state index in [1.54, 1.807) is 0 Å². The summed E-state index contributed by atoms with van der Waals surface area (Å²) in [4.78, 5) is 38.3. The van der Waals surface area contributed by atoms with Gasteiger partial charge < -0.3 is 14.2 Å². The first-order valence-electron chi connectivity index (χ1n) is 32.3. The van der Waals surface area contributed by atoms with Gasteiger partial charge in [0.05, 0.1) is 0 Å². The number of ether oxygens (including phenoxy) is 3. The zero-order valence-corrected chi connectivity index (χ0v) is 48.9. The maximum atomic E-state index is 12.9. The molecular weight excluding hydrogens is 877 g/mol. The monoisotopic (exact) mass is 1000 g/mol. The molecule has 0 aromatic heterocycles. The van der Waals surface area contributed by atoms with Crippen molar-refractivity contribution in [1.82, 2.24) is 0 Å². The molecule has 0 fully saturated rings. The molecule has 0 aliphatic heterocycles. The molecular formula is C65H126O6. The van der Waals surface area contributed by atoms with E-state index in [4.69, 9.17) is 14.2 Å². The maximum absolute atomic E-state index is 12.9. The molecule has 0 aromatic carbocycles. The van der Waals surface area contributed by atoms with Gasteiger partial charge in [-0.1, -0.05) is 330 Å². The van der Waals surface area contributed by atoms with E-state index >= 15 is 0 Å². The van der Waals surface area contributed by atoms with E-state index in [1.165, 1.54) is 257 Å². The molecule has 0 spiro atoms. The average molecular weight is 1000 g/mol. The van der Waals surface area contributed by atoms with Crippen LogP contribution in [0.15, 0.2) is 0 Å². The van der Waals surface area contributed by atoms with E-state index in [2.05, 4.69) is 34.6 Å². The Morgan fingerprint density at radius 2 is 0.535 bits per heavy atom. The summed E-state index contributed by atoms with van der Waals surface area (Å²) in [5.41, 5.74) is 0. The molecule has 0 aliphatic rings. The summed E-state index contributed by atoms with van der Waals surface area (Å²) >= 11 is 0. The van der Waals surface area contributed by atoms with Crippen molar-refractivity contribution in [3.05, 3.63) is 0 Å². The molecule has 0 bridgehead atoms. The average Bonchev–Trinajstić information content (AvgIpc) is 3.36. The fourth-order valence-corrected chi connectivity index (χ4v) is 10.1. The molecule has 422 valence electrons. The highest BCUT2D eigenvalue weighted by atomic mass is 16.6. The minimum absolute atomic E-state index is 0.0621. The Balaban J connectivity index is 4.24. The lowest BCUT2D eigenvalue weighted by Crippen LogP contribution is -2.30. The second-order valence-electron chi connectivity index (χ2n) is 23.1. The molecule has 6 nitrogen and oxygen atoms in total. The zero-order chi connectivity index (χ0) is 51.8. The molecule has 2 atom stereocenters. The Kier molecular flexibility index (Phi) is 56.4. The predicted molar refractivity (Wildman–Crippen MR) is 307 cm³/mol. The molecule has 0 aromatic rings. The normalized spacial score (nSPS) is 12.4. The Labute approximate surface area is 444 Å². The van der Waals surface area contributed by atoms with Crippen LogP contribution in [0.5, 0.6) is 0 Å². The Morgan fingerprint density at radius 1 is 0.296 bits per heavy atom. The fourth-order valence-electron chi connectivity index (χ4n) is 10.1. The van der Waals surface area contributed by atoms with Crippen molar-refractivity contribution < 1.29 is 28.6 Å². The lowest BCUT2D eigenvalue weighted by molar-refractivity contribution is -0.167. The molecule has 0 saturated carbocycles. The summed E-state index contributed by atoms with van der Waals surface area (Å²) in [5, 5.41) is 0. The summed E-state index contributed by atoms with van der Waals surface area (Å²) in [6.45, 7) is 11.5. The number of unbranched alkanes of at least 4 members (excludes halogenated alkanes) is 43. The highest BCUT2D eigenvalue weighted by Gasteiger charge is 2.19. The van der Waals surface area contributed by atoms with Crippen LogP contribution in [0.4, 0.5) is 0 Å². The van der Waals surface area contributed by atoms with Gasteiger partial charge in [0.2, 0.25) is 0 Å². The molecule has 0 amide bonds. The van der Waals surface area contributed by atoms with Gasteiger partial charge in [0, 0.05) is 19.3 Å². The standard InChI is InChI=1S/C65H126O6/c1-6-8-9-10-11-12-13-14-15-16-20-24-27-30-37-42-47-52-57-65(68)71-62(59-70-64(67)56-51-46-41-36-32-31-33-38-43-48-53-60(3)4)58-69-63(66)55-50-45-40-35-29-26-23-21-18-17-19-22-25-28-34-39-44-49-54-61(5)7-2/h60-62H,6-59H2,1-5H3/t61?,62-/m1/s1. The van der Waals surface area contributed by atoms with Crippen LogP contribution in [0.1, 0.15) is 369 Å². The minimum Gasteiger partial charge on any atom is -0.462 e. The molecule has 0 radical (unpaired) electrons. The predicted octanol–water partition coefficient (Wildman–Crippen LogP) is 21.6. The SMILES string of the molecule is CCCCCCCCCCCCCCCCCCCCC(=O)O[C@H](COC(=O)CCCCCCCCCCCCCCCCCCCCC(C)CC)COC(=O)CCCCCCCCCCCCC(C)C. The van der Waals surface area contributed by atoms with Crippen LogP contribution in [0.25, 0.3) is 0 Å². The van der Waals surface area contributed by atoms with Crippen molar-refractivity contribution in [2.24, 2.45) is 11.8 Å². The minimum atomic E-state index is -0.764. The fraction of sp³-hybridized carbons (Fsp3) is 0.954. The van der Waals surface area contributed by atoms with Crippen LogP contribution in [0, 0.1) is 11.8 Å². The summed E-state index contributed by atoms with van der Waals surface area (Å²) in [6, 6.07) is 0. The number of carbonyl (C=O) groups is 3. The molecule has 6 heteroatoms. The Hall–Kier alpha value is -1.59. The first kappa shape index (κ1) is 69.4. The van der Waals surface area contributed by atoms with E-state index in [9.17, 15) is 14.4 Å². The van der Waals surface area contributed by atoms with Crippen molar-refractivity contribution in [3.63, 3.8) is 0 Å². The summed E-state index contributed by atoms with van der Waals surface area (Å²) in [7, 11) is 0. The number of rotatable bonds is 59. The summed E-state index contributed by atoms with van der Waals surface area (Å²) < 4.78 is 17.0. The molecule has 71 heavy (non-hydrogen) atoms. The third kappa shape index (κ3) is 57.5. The topological polar surface area (TPSA) is 78.9 Å². The first-order chi connectivity index (χ1) is 34.8. The van der Waals surface area contributed by atoms with E-state index in [1.807, 2.05) is 0 Å². The largest absolute Gasteiger partial charge is 0.462 e. The number of carbonyl (C=O) groups excluding carboxylic acids is 3. The first-order valence-corrected chi connectivity index (χ1v) is 32.3. The van der Waals surface area contributed by atoms with E-state index in [0.717, 1.165) is 69.6 Å². The number of hydrogen-bond donors (Lipinski definition) is 0. The third-order valence-electron chi connectivity index (χ3n) is 15.3. The van der Waals surface area contributed by atoms with Gasteiger partial charge in [-0.2, -0.15) is 0 Å². The lowest BCUT2D eigenvalue weighted by Gasteiger charge is -2.18. The molecule has 0 heterocycles.